The van der Waals surface area contributed by atoms with Crippen LogP contribution in [0, 0.1) is 0 Å². The summed E-state index contributed by atoms with van der Waals surface area (Å²) in [5, 5.41) is 7.12. The molecule has 170 valence electrons. The second-order valence-electron chi connectivity index (χ2n) is 7.39. The lowest BCUT2D eigenvalue weighted by molar-refractivity contribution is -0.192. The summed E-state index contributed by atoms with van der Waals surface area (Å²) in [7, 11) is 0. The molecule has 2 aliphatic rings. The molecule has 0 unspecified atom stereocenters. The zero-order valence-corrected chi connectivity index (χ0v) is 17.2. The van der Waals surface area contributed by atoms with Gasteiger partial charge in [0.1, 0.15) is 0 Å². The lowest BCUT2D eigenvalue weighted by Crippen LogP contribution is -2.37. The first-order valence-electron chi connectivity index (χ1n) is 10.0. The molecule has 0 bridgehead atoms. The van der Waals surface area contributed by atoms with Gasteiger partial charge in [0.05, 0.1) is 13.2 Å². The van der Waals surface area contributed by atoms with Crippen LogP contribution in [-0.4, -0.2) is 60.9 Å². The summed E-state index contributed by atoms with van der Waals surface area (Å²) in [6.45, 7) is 8.54. The molecule has 1 saturated heterocycles. The number of alkyl halides is 3. The second-order valence-corrected chi connectivity index (χ2v) is 7.39. The number of carboxylic acids is 1. The van der Waals surface area contributed by atoms with Gasteiger partial charge in [-0.3, -0.25) is 9.69 Å². The van der Waals surface area contributed by atoms with E-state index in [-0.39, 0.29) is 5.91 Å². The van der Waals surface area contributed by atoms with E-state index in [2.05, 4.69) is 23.6 Å². The van der Waals surface area contributed by atoms with Gasteiger partial charge in [0.25, 0.3) is 0 Å². The Morgan fingerprint density at radius 3 is 2.35 bits per heavy atom. The van der Waals surface area contributed by atoms with Crippen molar-refractivity contribution >= 4 is 23.0 Å². The van der Waals surface area contributed by atoms with Gasteiger partial charge < -0.3 is 15.6 Å². The number of carboxylic acid groups (broad SMARTS) is 1. The molecule has 9 heteroatoms. The first kappa shape index (κ1) is 24.6. The van der Waals surface area contributed by atoms with Crippen molar-refractivity contribution in [3.63, 3.8) is 0 Å². The van der Waals surface area contributed by atoms with Crippen molar-refractivity contribution in [1.82, 2.24) is 4.90 Å². The number of hydrogen-bond acceptors (Lipinski definition) is 4. The van der Waals surface area contributed by atoms with E-state index in [0.29, 0.717) is 5.56 Å². The standard InChI is InChI=1S/C20H26N2O2.C2HF3O2/c1-15(14-22-9-11-24-12-10-22)17-7-8-18(20(21)23)19(13-17)16-5-3-2-4-6-16;3-2(4,5)1(6)7/h5,7-8,13H,1-4,6,9-12,14H2,(H2,21,23);(H,6,7). The van der Waals surface area contributed by atoms with Crippen LogP contribution in [0.4, 0.5) is 13.2 Å². The van der Waals surface area contributed by atoms with Gasteiger partial charge in [-0.2, -0.15) is 13.2 Å². The number of nitrogens with two attached hydrogens (primary N) is 1. The van der Waals surface area contributed by atoms with E-state index in [9.17, 15) is 18.0 Å². The summed E-state index contributed by atoms with van der Waals surface area (Å²) in [4.78, 5) is 23.1. The molecule has 1 aromatic carbocycles. The molecular formula is C22H27F3N2O4. The van der Waals surface area contributed by atoms with Crippen molar-refractivity contribution in [1.29, 1.82) is 0 Å². The number of halogens is 3. The number of morpholine rings is 1. The van der Waals surface area contributed by atoms with Crippen LogP contribution in [0.5, 0.6) is 0 Å². The van der Waals surface area contributed by atoms with Crippen molar-refractivity contribution in [2.24, 2.45) is 5.73 Å². The largest absolute Gasteiger partial charge is 0.490 e. The Morgan fingerprint density at radius 1 is 1.19 bits per heavy atom. The number of allylic oxidation sites excluding steroid dienone is 2. The molecule has 31 heavy (non-hydrogen) atoms. The third-order valence-corrected chi connectivity index (χ3v) is 5.09. The van der Waals surface area contributed by atoms with E-state index >= 15 is 0 Å². The summed E-state index contributed by atoms with van der Waals surface area (Å²) in [5.41, 5.74) is 10.6. The topological polar surface area (TPSA) is 92.9 Å². The molecule has 1 aliphatic carbocycles. The van der Waals surface area contributed by atoms with Gasteiger partial charge in [-0.25, -0.2) is 4.79 Å². The molecule has 1 heterocycles. The van der Waals surface area contributed by atoms with Gasteiger partial charge in [0, 0.05) is 25.2 Å². The number of amides is 1. The molecule has 0 spiro atoms. The predicted molar refractivity (Wildman–Crippen MR) is 111 cm³/mol. The van der Waals surface area contributed by atoms with E-state index in [0.717, 1.165) is 62.4 Å². The molecule has 1 aromatic rings. The highest BCUT2D eigenvalue weighted by Crippen LogP contribution is 2.31. The van der Waals surface area contributed by atoms with Crippen LogP contribution in [-0.2, 0) is 9.53 Å². The lowest BCUT2D eigenvalue weighted by atomic mass is 9.88. The maximum Gasteiger partial charge on any atom is 0.490 e. The van der Waals surface area contributed by atoms with Crippen LogP contribution in [0.3, 0.4) is 0 Å². The van der Waals surface area contributed by atoms with Crippen LogP contribution in [0.2, 0.25) is 0 Å². The van der Waals surface area contributed by atoms with Crippen molar-refractivity contribution in [2.75, 3.05) is 32.8 Å². The Kier molecular flexibility index (Phi) is 8.82. The number of rotatable bonds is 5. The van der Waals surface area contributed by atoms with Crippen LogP contribution < -0.4 is 5.73 Å². The third kappa shape index (κ3) is 7.52. The molecule has 0 radical (unpaired) electrons. The predicted octanol–water partition coefficient (Wildman–Crippen LogP) is 3.72. The van der Waals surface area contributed by atoms with Crippen LogP contribution >= 0.6 is 0 Å². The fraction of sp³-hybridized carbons (Fsp3) is 0.455. The van der Waals surface area contributed by atoms with Crippen molar-refractivity contribution in [3.05, 3.63) is 47.5 Å². The fourth-order valence-electron chi connectivity index (χ4n) is 3.45. The Labute approximate surface area is 179 Å². The Morgan fingerprint density at radius 2 is 1.84 bits per heavy atom. The fourth-order valence-corrected chi connectivity index (χ4v) is 3.45. The van der Waals surface area contributed by atoms with Gasteiger partial charge in [-0.1, -0.05) is 18.7 Å². The van der Waals surface area contributed by atoms with E-state index < -0.39 is 12.1 Å². The molecule has 6 nitrogen and oxygen atoms in total. The minimum absolute atomic E-state index is 0.359. The number of hydrogen-bond donors (Lipinski definition) is 2. The maximum absolute atomic E-state index is 11.8. The second kappa shape index (κ2) is 11.1. The minimum atomic E-state index is -5.08. The summed E-state index contributed by atoms with van der Waals surface area (Å²) < 4.78 is 37.1. The van der Waals surface area contributed by atoms with Crippen LogP contribution in [0.1, 0.15) is 47.2 Å². The molecule has 0 aromatic heterocycles. The zero-order valence-electron chi connectivity index (χ0n) is 17.2. The average Bonchev–Trinajstić information content (AvgIpc) is 2.74. The molecule has 1 amide bonds. The first-order valence-corrected chi connectivity index (χ1v) is 10.0. The molecular weight excluding hydrogens is 413 g/mol. The third-order valence-electron chi connectivity index (χ3n) is 5.09. The average molecular weight is 440 g/mol. The van der Waals surface area contributed by atoms with Gasteiger partial charge in [0.15, 0.2) is 0 Å². The number of carbonyl (C=O) groups excluding carboxylic acids is 1. The summed E-state index contributed by atoms with van der Waals surface area (Å²) in [5.74, 6) is -3.12. The SMILES string of the molecule is C=C(CN1CCOCC1)c1ccc(C(N)=O)c(C2=CCCCC2)c1.O=C(O)C(F)(F)F. The number of aliphatic carboxylic acids is 1. The number of nitrogens with zero attached hydrogens (tertiary/aromatic N) is 1. The zero-order chi connectivity index (χ0) is 23.0. The number of carbonyl (C=O) groups is 2. The lowest BCUT2D eigenvalue weighted by Gasteiger charge is -2.27. The van der Waals surface area contributed by atoms with Crippen molar-refractivity contribution < 1.29 is 32.6 Å². The molecule has 0 saturated carbocycles. The molecule has 1 aliphatic heterocycles. The highest BCUT2D eigenvalue weighted by molar-refractivity contribution is 5.98. The van der Waals surface area contributed by atoms with Gasteiger partial charge in [-0.05, 0) is 60.1 Å². The van der Waals surface area contributed by atoms with E-state index in [1.165, 1.54) is 18.4 Å². The highest BCUT2D eigenvalue weighted by Gasteiger charge is 2.38. The minimum Gasteiger partial charge on any atom is -0.475 e. The molecule has 1 fully saturated rings. The van der Waals surface area contributed by atoms with Crippen molar-refractivity contribution in [3.8, 4) is 0 Å². The summed E-state index contributed by atoms with van der Waals surface area (Å²) in [6, 6.07) is 5.92. The van der Waals surface area contributed by atoms with Gasteiger partial charge >= 0.3 is 12.1 Å². The Bertz CT molecular complexity index is 844. The Hall–Kier alpha value is -2.65. The van der Waals surface area contributed by atoms with E-state index in [1.807, 2.05) is 12.1 Å². The van der Waals surface area contributed by atoms with Crippen molar-refractivity contribution in [2.45, 2.75) is 31.9 Å². The maximum atomic E-state index is 11.8. The molecule has 0 atom stereocenters. The number of benzene rings is 1. The first-order chi connectivity index (χ1) is 14.6. The van der Waals surface area contributed by atoms with E-state index in [4.69, 9.17) is 20.4 Å². The van der Waals surface area contributed by atoms with Crippen LogP contribution in [0.25, 0.3) is 11.1 Å². The Balaban J connectivity index is 0.000000423. The monoisotopic (exact) mass is 440 g/mol. The highest BCUT2D eigenvalue weighted by atomic mass is 19.4. The molecule has 3 rings (SSSR count). The number of ether oxygens (including phenoxy) is 1. The summed E-state index contributed by atoms with van der Waals surface area (Å²) in [6.07, 6.45) is 1.65. The van der Waals surface area contributed by atoms with Gasteiger partial charge in [-0.15, -0.1) is 0 Å². The normalized spacial score (nSPS) is 17.2. The van der Waals surface area contributed by atoms with Crippen LogP contribution in [0.15, 0.2) is 30.9 Å². The van der Waals surface area contributed by atoms with Gasteiger partial charge in [0.2, 0.25) is 5.91 Å². The summed E-state index contributed by atoms with van der Waals surface area (Å²) >= 11 is 0. The van der Waals surface area contributed by atoms with E-state index in [1.54, 1.807) is 0 Å². The quantitative estimate of drug-likeness (QED) is 0.728. The smallest absolute Gasteiger partial charge is 0.475 e. The number of primary amides is 1. The molecule has 3 N–H and O–H groups in total.